The summed E-state index contributed by atoms with van der Waals surface area (Å²) in [5, 5.41) is 3.16. The summed E-state index contributed by atoms with van der Waals surface area (Å²) in [6, 6.07) is 8.92. The minimum absolute atomic E-state index is 0.412. The Kier molecular flexibility index (Phi) is 3.97. The van der Waals surface area contributed by atoms with E-state index in [9.17, 15) is 4.79 Å². The fourth-order valence-corrected chi connectivity index (χ4v) is 1.74. The van der Waals surface area contributed by atoms with Gasteiger partial charge in [0, 0.05) is 18.9 Å². The van der Waals surface area contributed by atoms with Gasteiger partial charge in [-0.15, -0.1) is 0 Å². The highest BCUT2D eigenvalue weighted by atomic mass is 16.5. The van der Waals surface area contributed by atoms with Crippen LogP contribution in [0, 0.1) is 0 Å². The number of nitrogen functional groups attached to an aromatic ring is 1. The zero-order valence-corrected chi connectivity index (χ0v) is 10.6. The molecule has 0 spiro atoms. The van der Waals surface area contributed by atoms with E-state index in [0.717, 1.165) is 5.56 Å². The van der Waals surface area contributed by atoms with Crippen LogP contribution in [0.15, 0.2) is 42.7 Å². The monoisotopic (exact) mass is 257 g/mol. The number of carbonyl (C=O) groups excluding carboxylic acids is 1. The van der Waals surface area contributed by atoms with E-state index in [2.05, 4.69) is 10.3 Å². The normalized spacial score (nSPS) is 9.95. The fraction of sp³-hybridized carbons (Fsp3) is 0.143. The lowest BCUT2D eigenvalue weighted by molar-refractivity contribution is 0.0602. The first-order valence-electron chi connectivity index (χ1n) is 5.82. The van der Waals surface area contributed by atoms with Crippen LogP contribution in [0.25, 0.3) is 0 Å². The molecule has 1 aromatic carbocycles. The van der Waals surface area contributed by atoms with E-state index in [1.165, 1.54) is 7.11 Å². The molecule has 0 amide bonds. The molecule has 0 unspecified atom stereocenters. The Hall–Kier alpha value is -2.56. The van der Waals surface area contributed by atoms with Gasteiger partial charge in [-0.2, -0.15) is 0 Å². The molecule has 0 atom stereocenters. The first kappa shape index (κ1) is 12.9. The number of aromatic nitrogens is 1. The van der Waals surface area contributed by atoms with E-state index in [-0.39, 0.29) is 0 Å². The molecule has 0 aliphatic heterocycles. The van der Waals surface area contributed by atoms with Crippen LogP contribution in [0.2, 0.25) is 0 Å². The lowest BCUT2D eigenvalue weighted by atomic mass is 10.1. The number of nitrogens with two attached hydrogens (primary N) is 1. The van der Waals surface area contributed by atoms with Crippen molar-refractivity contribution in [2.45, 2.75) is 6.54 Å². The molecule has 3 N–H and O–H groups in total. The van der Waals surface area contributed by atoms with Gasteiger partial charge in [0.05, 0.1) is 24.0 Å². The van der Waals surface area contributed by atoms with Gasteiger partial charge in [-0.1, -0.05) is 6.07 Å². The minimum Gasteiger partial charge on any atom is -0.465 e. The highest BCUT2D eigenvalue weighted by Gasteiger charge is 2.13. The molecule has 0 saturated heterocycles. The third-order valence-electron chi connectivity index (χ3n) is 2.72. The van der Waals surface area contributed by atoms with Crippen molar-refractivity contribution >= 4 is 17.3 Å². The molecule has 5 heteroatoms. The van der Waals surface area contributed by atoms with Crippen LogP contribution in [0.4, 0.5) is 11.4 Å². The van der Waals surface area contributed by atoms with Crippen LogP contribution in [0.3, 0.4) is 0 Å². The number of esters is 1. The van der Waals surface area contributed by atoms with Gasteiger partial charge in [0.1, 0.15) is 0 Å². The van der Waals surface area contributed by atoms with Crippen molar-refractivity contribution in [3.63, 3.8) is 0 Å². The summed E-state index contributed by atoms with van der Waals surface area (Å²) in [5.41, 5.74) is 8.47. The van der Waals surface area contributed by atoms with Gasteiger partial charge in [-0.25, -0.2) is 4.79 Å². The van der Waals surface area contributed by atoms with Crippen LogP contribution in [-0.4, -0.2) is 18.1 Å². The van der Waals surface area contributed by atoms with Crippen LogP contribution in [-0.2, 0) is 11.3 Å². The first-order chi connectivity index (χ1) is 9.22. The van der Waals surface area contributed by atoms with Gasteiger partial charge < -0.3 is 15.8 Å². The molecular weight excluding hydrogens is 242 g/mol. The second kappa shape index (κ2) is 5.86. The lowest BCUT2D eigenvalue weighted by Gasteiger charge is -2.13. The van der Waals surface area contributed by atoms with E-state index in [1.807, 2.05) is 12.1 Å². The highest BCUT2D eigenvalue weighted by Crippen LogP contribution is 2.24. The topological polar surface area (TPSA) is 77.2 Å². The second-order valence-electron chi connectivity index (χ2n) is 3.97. The molecular formula is C14H15N3O2. The molecule has 2 rings (SSSR count). The Balaban J connectivity index is 2.22. The van der Waals surface area contributed by atoms with Crippen LogP contribution < -0.4 is 11.1 Å². The number of para-hydroxylation sites is 1. The molecule has 19 heavy (non-hydrogen) atoms. The maximum atomic E-state index is 11.7. The van der Waals surface area contributed by atoms with Crippen molar-refractivity contribution in [2.75, 3.05) is 18.2 Å². The largest absolute Gasteiger partial charge is 0.465 e. The molecule has 0 radical (unpaired) electrons. The fourth-order valence-electron chi connectivity index (χ4n) is 1.74. The van der Waals surface area contributed by atoms with E-state index < -0.39 is 5.97 Å². The molecule has 0 aliphatic carbocycles. The molecule has 98 valence electrons. The van der Waals surface area contributed by atoms with E-state index >= 15 is 0 Å². The van der Waals surface area contributed by atoms with Gasteiger partial charge in [-0.3, -0.25) is 4.98 Å². The molecule has 1 heterocycles. The van der Waals surface area contributed by atoms with Crippen LogP contribution in [0.5, 0.6) is 0 Å². The number of ether oxygens (including phenoxy) is 1. The number of hydrogen-bond acceptors (Lipinski definition) is 5. The van der Waals surface area contributed by atoms with Crippen LogP contribution in [0.1, 0.15) is 15.9 Å². The quantitative estimate of drug-likeness (QED) is 0.647. The third-order valence-corrected chi connectivity index (χ3v) is 2.72. The molecule has 0 bridgehead atoms. The third kappa shape index (κ3) is 3.01. The Morgan fingerprint density at radius 3 is 2.74 bits per heavy atom. The molecule has 5 nitrogen and oxygen atoms in total. The number of carbonyl (C=O) groups is 1. The summed E-state index contributed by atoms with van der Waals surface area (Å²) in [4.78, 5) is 15.6. The van der Waals surface area contributed by atoms with Crippen molar-refractivity contribution in [2.24, 2.45) is 0 Å². The van der Waals surface area contributed by atoms with Crippen molar-refractivity contribution in [1.82, 2.24) is 4.98 Å². The van der Waals surface area contributed by atoms with Gasteiger partial charge in [0.15, 0.2) is 0 Å². The molecule has 2 aromatic rings. The summed E-state index contributed by atoms with van der Waals surface area (Å²) in [5.74, 6) is -0.412. The first-order valence-corrected chi connectivity index (χ1v) is 5.82. The van der Waals surface area contributed by atoms with Gasteiger partial charge in [0.25, 0.3) is 0 Å². The van der Waals surface area contributed by atoms with Gasteiger partial charge >= 0.3 is 5.97 Å². The summed E-state index contributed by atoms with van der Waals surface area (Å²) in [6.45, 7) is 0.556. The predicted octanol–water partition coefficient (Wildman–Crippen LogP) is 2.06. The summed E-state index contributed by atoms with van der Waals surface area (Å²) >= 11 is 0. The number of nitrogens with zero attached hydrogens (tertiary/aromatic N) is 1. The zero-order chi connectivity index (χ0) is 13.7. The summed E-state index contributed by atoms with van der Waals surface area (Å²) in [6.07, 6.45) is 3.43. The van der Waals surface area contributed by atoms with E-state index in [4.69, 9.17) is 10.5 Å². The predicted molar refractivity (Wildman–Crippen MR) is 73.8 cm³/mol. The van der Waals surface area contributed by atoms with Crippen molar-refractivity contribution in [3.8, 4) is 0 Å². The Labute approximate surface area is 111 Å². The maximum Gasteiger partial charge on any atom is 0.340 e. The maximum absolute atomic E-state index is 11.7. The van der Waals surface area contributed by atoms with Gasteiger partial charge in [-0.05, 0) is 29.8 Å². The Morgan fingerprint density at radius 2 is 2.05 bits per heavy atom. The number of methoxy groups -OCH3 is 1. The number of rotatable bonds is 4. The minimum atomic E-state index is -0.412. The summed E-state index contributed by atoms with van der Waals surface area (Å²) in [7, 11) is 1.35. The lowest BCUT2D eigenvalue weighted by Crippen LogP contribution is -2.10. The smallest absolute Gasteiger partial charge is 0.340 e. The molecule has 1 aromatic heterocycles. The number of pyridine rings is 1. The second-order valence-corrected chi connectivity index (χ2v) is 3.97. The number of nitrogens with one attached hydrogen (secondary N) is 1. The molecule has 0 fully saturated rings. The average molecular weight is 257 g/mol. The zero-order valence-electron chi connectivity index (χ0n) is 10.6. The van der Waals surface area contributed by atoms with Crippen molar-refractivity contribution in [1.29, 1.82) is 0 Å². The number of anilines is 2. The average Bonchev–Trinajstić information content (AvgIpc) is 2.46. The van der Waals surface area contributed by atoms with Gasteiger partial charge in [0.2, 0.25) is 0 Å². The van der Waals surface area contributed by atoms with Crippen molar-refractivity contribution in [3.05, 3.63) is 53.9 Å². The number of benzene rings is 1. The van der Waals surface area contributed by atoms with E-state index in [1.54, 1.807) is 30.6 Å². The van der Waals surface area contributed by atoms with E-state index in [0.29, 0.717) is 23.5 Å². The van der Waals surface area contributed by atoms with Crippen LogP contribution >= 0.6 is 0 Å². The Bertz CT molecular complexity index is 570. The summed E-state index contributed by atoms with van der Waals surface area (Å²) < 4.78 is 4.74. The number of hydrogen-bond donors (Lipinski definition) is 2. The highest BCUT2D eigenvalue weighted by molar-refractivity contribution is 5.98. The SMILES string of the molecule is COC(=O)c1cccc(N)c1NCc1ccncc1. The Morgan fingerprint density at radius 1 is 1.32 bits per heavy atom. The molecule has 0 saturated carbocycles. The standard InChI is InChI=1S/C14H15N3O2/c1-19-14(18)11-3-2-4-12(15)13(11)17-9-10-5-7-16-8-6-10/h2-8,17H,9,15H2,1H3. The molecule has 0 aliphatic rings. The van der Waals surface area contributed by atoms with Crippen molar-refractivity contribution < 1.29 is 9.53 Å².